The zero-order chi connectivity index (χ0) is 14.8. The third-order valence-electron chi connectivity index (χ3n) is 3.37. The normalized spacial score (nSPS) is 13.4. The van der Waals surface area contributed by atoms with Crippen molar-refractivity contribution in [3.8, 4) is 0 Å². The molecule has 0 saturated carbocycles. The van der Waals surface area contributed by atoms with Crippen molar-refractivity contribution in [2.45, 2.75) is 38.5 Å². The highest BCUT2D eigenvalue weighted by Crippen LogP contribution is 2.27. The van der Waals surface area contributed by atoms with Gasteiger partial charge < -0.3 is 5.73 Å². The van der Waals surface area contributed by atoms with Crippen LogP contribution in [0.15, 0.2) is 29.6 Å². The molecule has 0 bridgehead atoms. The van der Waals surface area contributed by atoms with E-state index in [2.05, 4.69) is 26.2 Å². The van der Waals surface area contributed by atoms with Crippen molar-refractivity contribution in [3.63, 3.8) is 0 Å². The zero-order valence-corrected chi connectivity index (χ0v) is 13.0. The third-order valence-corrected chi connectivity index (χ3v) is 4.24. The fraction of sp³-hybridized carbons (Fsp3) is 0.438. The average Bonchev–Trinajstić information content (AvgIpc) is 2.85. The molecule has 2 rings (SSSR count). The minimum atomic E-state index is -0.214. The summed E-state index contributed by atoms with van der Waals surface area (Å²) in [6, 6.07) is 6.59. The van der Waals surface area contributed by atoms with Gasteiger partial charge in [0.15, 0.2) is 0 Å². The Balaban J connectivity index is 2.14. The van der Waals surface area contributed by atoms with Gasteiger partial charge in [-0.15, -0.1) is 11.3 Å². The van der Waals surface area contributed by atoms with Gasteiger partial charge in [0.1, 0.15) is 5.82 Å². The fourth-order valence-electron chi connectivity index (χ4n) is 2.03. The molecule has 1 aromatic carbocycles. The van der Waals surface area contributed by atoms with Crippen molar-refractivity contribution in [1.82, 2.24) is 4.98 Å². The first kappa shape index (κ1) is 15.1. The highest BCUT2D eigenvalue weighted by molar-refractivity contribution is 7.09. The Labute approximate surface area is 123 Å². The number of nitrogens with two attached hydrogens (primary N) is 1. The molecule has 0 amide bonds. The van der Waals surface area contributed by atoms with Crippen LogP contribution in [0.2, 0.25) is 0 Å². The summed E-state index contributed by atoms with van der Waals surface area (Å²) in [6.45, 7) is 7.01. The van der Waals surface area contributed by atoms with Crippen molar-refractivity contribution < 1.29 is 4.39 Å². The molecule has 0 aliphatic carbocycles. The van der Waals surface area contributed by atoms with E-state index in [9.17, 15) is 4.39 Å². The zero-order valence-electron chi connectivity index (χ0n) is 12.2. The molecule has 4 heteroatoms. The summed E-state index contributed by atoms with van der Waals surface area (Å²) in [5, 5.41) is 3.21. The van der Waals surface area contributed by atoms with E-state index < -0.39 is 0 Å². The molecular formula is C16H21FN2S. The Morgan fingerprint density at radius 3 is 2.40 bits per heavy atom. The van der Waals surface area contributed by atoms with E-state index in [0.717, 1.165) is 22.7 Å². The number of halogens is 1. The van der Waals surface area contributed by atoms with Gasteiger partial charge in [-0.05, 0) is 24.2 Å². The number of hydrogen-bond donors (Lipinski definition) is 1. The lowest BCUT2D eigenvalue weighted by atomic mass is 9.93. The Morgan fingerprint density at radius 1 is 1.25 bits per heavy atom. The molecule has 2 aromatic rings. The summed E-state index contributed by atoms with van der Waals surface area (Å²) >= 11 is 1.68. The summed E-state index contributed by atoms with van der Waals surface area (Å²) in [5.74, 6) is -0.0247. The molecule has 0 radical (unpaired) electrons. The van der Waals surface area contributed by atoms with E-state index in [1.807, 2.05) is 12.1 Å². The molecule has 1 aromatic heterocycles. The van der Waals surface area contributed by atoms with Gasteiger partial charge in [0.25, 0.3) is 0 Å². The number of thiazole rings is 1. The fourth-order valence-corrected chi connectivity index (χ4v) is 3.13. The first-order valence-corrected chi connectivity index (χ1v) is 7.68. The smallest absolute Gasteiger partial charge is 0.123 e. The second kappa shape index (κ2) is 6.02. The highest BCUT2D eigenvalue weighted by atomic mass is 32.1. The van der Waals surface area contributed by atoms with Gasteiger partial charge in [0, 0.05) is 23.1 Å². The number of hydrogen-bond acceptors (Lipinski definition) is 3. The van der Waals surface area contributed by atoms with Crippen molar-refractivity contribution in [3.05, 3.63) is 51.7 Å². The molecule has 2 N–H and O–H groups in total. The van der Waals surface area contributed by atoms with Crippen molar-refractivity contribution in [2.24, 2.45) is 5.73 Å². The molecule has 20 heavy (non-hydrogen) atoms. The van der Waals surface area contributed by atoms with Gasteiger partial charge >= 0.3 is 0 Å². The van der Waals surface area contributed by atoms with E-state index in [0.29, 0.717) is 6.54 Å². The predicted molar refractivity (Wildman–Crippen MR) is 82.7 cm³/mol. The maximum absolute atomic E-state index is 13.0. The van der Waals surface area contributed by atoms with Crippen LogP contribution < -0.4 is 5.73 Å². The minimum absolute atomic E-state index is 0.0723. The molecule has 0 aliphatic heterocycles. The summed E-state index contributed by atoms with van der Waals surface area (Å²) in [4.78, 5) is 4.70. The number of aromatic nitrogens is 1. The standard InChI is InChI=1S/C16H21FN2S/c1-16(2,3)14-10-20-15(19-14)8-12(9-18)11-4-6-13(17)7-5-11/h4-7,10,12H,8-9,18H2,1-3H3. The van der Waals surface area contributed by atoms with Gasteiger partial charge in [-0.25, -0.2) is 9.37 Å². The number of nitrogens with zero attached hydrogens (tertiary/aromatic N) is 1. The molecule has 0 fully saturated rings. The lowest BCUT2D eigenvalue weighted by molar-refractivity contribution is 0.568. The molecule has 0 aliphatic rings. The van der Waals surface area contributed by atoms with Crippen molar-refractivity contribution >= 4 is 11.3 Å². The minimum Gasteiger partial charge on any atom is -0.330 e. The number of rotatable bonds is 4. The maximum atomic E-state index is 13.0. The predicted octanol–water partition coefficient (Wildman–Crippen LogP) is 3.86. The second-order valence-electron chi connectivity index (χ2n) is 6.06. The van der Waals surface area contributed by atoms with Crippen LogP contribution in [0.1, 0.15) is 43.0 Å². The van der Waals surface area contributed by atoms with Crippen molar-refractivity contribution in [2.75, 3.05) is 6.54 Å². The lowest BCUT2D eigenvalue weighted by Crippen LogP contribution is -2.16. The van der Waals surface area contributed by atoms with E-state index in [-0.39, 0.29) is 17.2 Å². The van der Waals surface area contributed by atoms with Crippen LogP contribution in [-0.2, 0) is 11.8 Å². The molecule has 2 nitrogen and oxygen atoms in total. The summed E-state index contributed by atoms with van der Waals surface area (Å²) < 4.78 is 13.0. The second-order valence-corrected chi connectivity index (χ2v) is 7.01. The average molecular weight is 292 g/mol. The van der Waals surface area contributed by atoms with E-state index in [4.69, 9.17) is 10.7 Å². The van der Waals surface area contributed by atoms with Crippen molar-refractivity contribution in [1.29, 1.82) is 0 Å². The molecule has 1 atom stereocenters. The van der Waals surface area contributed by atoms with E-state index >= 15 is 0 Å². The quantitative estimate of drug-likeness (QED) is 0.929. The first-order valence-electron chi connectivity index (χ1n) is 6.80. The maximum Gasteiger partial charge on any atom is 0.123 e. The van der Waals surface area contributed by atoms with Crippen LogP contribution in [-0.4, -0.2) is 11.5 Å². The molecule has 0 saturated heterocycles. The Kier molecular flexibility index (Phi) is 4.55. The summed E-state index contributed by atoms with van der Waals surface area (Å²) in [6.07, 6.45) is 0.808. The van der Waals surface area contributed by atoms with Gasteiger partial charge in [0.05, 0.1) is 10.7 Å². The lowest BCUT2D eigenvalue weighted by Gasteiger charge is -2.15. The molecule has 1 unspecified atom stereocenters. The number of benzene rings is 1. The molecule has 1 heterocycles. The molecular weight excluding hydrogens is 271 g/mol. The topological polar surface area (TPSA) is 38.9 Å². The van der Waals surface area contributed by atoms with Crippen LogP contribution in [0.25, 0.3) is 0 Å². The van der Waals surface area contributed by atoms with Crippen LogP contribution in [0.3, 0.4) is 0 Å². The first-order chi connectivity index (χ1) is 9.40. The Bertz CT molecular complexity index is 555. The van der Waals surface area contributed by atoms with Gasteiger partial charge in [-0.3, -0.25) is 0 Å². The van der Waals surface area contributed by atoms with E-state index in [1.54, 1.807) is 11.3 Å². The Hall–Kier alpha value is -1.26. The largest absolute Gasteiger partial charge is 0.330 e. The Morgan fingerprint density at radius 2 is 1.90 bits per heavy atom. The summed E-state index contributed by atoms with van der Waals surface area (Å²) in [5.41, 5.74) is 8.13. The molecule has 0 spiro atoms. The SMILES string of the molecule is CC(C)(C)c1csc(CC(CN)c2ccc(F)cc2)n1. The van der Waals surface area contributed by atoms with Crippen LogP contribution in [0, 0.1) is 5.82 Å². The highest BCUT2D eigenvalue weighted by Gasteiger charge is 2.19. The van der Waals surface area contributed by atoms with Gasteiger partial charge in [-0.1, -0.05) is 32.9 Å². The molecule has 108 valence electrons. The van der Waals surface area contributed by atoms with Crippen LogP contribution in [0.4, 0.5) is 4.39 Å². The third kappa shape index (κ3) is 3.64. The summed E-state index contributed by atoms with van der Waals surface area (Å²) in [7, 11) is 0. The van der Waals surface area contributed by atoms with Gasteiger partial charge in [-0.2, -0.15) is 0 Å². The van der Waals surface area contributed by atoms with E-state index in [1.165, 1.54) is 12.1 Å². The van der Waals surface area contributed by atoms with Crippen LogP contribution in [0.5, 0.6) is 0 Å². The van der Waals surface area contributed by atoms with Crippen LogP contribution >= 0.6 is 11.3 Å². The van der Waals surface area contributed by atoms with Gasteiger partial charge in [0.2, 0.25) is 0 Å². The monoisotopic (exact) mass is 292 g/mol.